The van der Waals surface area contributed by atoms with Gasteiger partial charge in [0.05, 0.1) is 17.2 Å². The van der Waals surface area contributed by atoms with Gasteiger partial charge in [0.25, 0.3) is 5.91 Å². The van der Waals surface area contributed by atoms with E-state index in [1.54, 1.807) is 25.1 Å². The molecule has 20 heavy (non-hydrogen) atoms. The fraction of sp³-hybridized carbons (Fsp3) is 0.385. The van der Waals surface area contributed by atoms with E-state index in [2.05, 4.69) is 10.6 Å². The first-order valence-corrected chi connectivity index (χ1v) is 6.46. The molecular formula is C13H18ClN3O3. The number of carbonyl (C=O) groups is 2. The number of hydrogen-bond donors (Lipinski definition) is 3. The Hall–Kier alpha value is -1.79. The molecule has 1 aromatic rings. The molecule has 0 saturated carbocycles. The molecule has 0 aliphatic carbocycles. The van der Waals surface area contributed by atoms with Crippen molar-refractivity contribution in [1.82, 2.24) is 10.6 Å². The number of rotatable bonds is 6. The minimum atomic E-state index is -0.699. The predicted octanol–water partition coefficient (Wildman–Crippen LogP) is 0.803. The molecule has 0 aliphatic rings. The average Bonchev–Trinajstić information content (AvgIpc) is 2.38. The van der Waals surface area contributed by atoms with Gasteiger partial charge in [0.2, 0.25) is 5.91 Å². The standard InChI is InChI=1S/C13H18ClN3O3/c1-8(12(18)16-6-7-20-2)17-13(19)11-9(14)4-3-5-10(11)15/h3-5,8H,6-7,15H2,1-2H3,(H,16,18)(H,17,19). The van der Waals surface area contributed by atoms with Crippen molar-refractivity contribution in [1.29, 1.82) is 0 Å². The molecule has 6 nitrogen and oxygen atoms in total. The van der Waals surface area contributed by atoms with Crippen LogP contribution in [0.25, 0.3) is 0 Å². The molecule has 0 fully saturated rings. The van der Waals surface area contributed by atoms with Crippen LogP contribution in [-0.2, 0) is 9.53 Å². The van der Waals surface area contributed by atoms with Crippen LogP contribution in [0, 0.1) is 0 Å². The molecule has 0 radical (unpaired) electrons. The topological polar surface area (TPSA) is 93.5 Å². The maximum Gasteiger partial charge on any atom is 0.255 e. The molecule has 1 atom stereocenters. The van der Waals surface area contributed by atoms with Crippen LogP contribution in [0.4, 0.5) is 5.69 Å². The van der Waals surface area contributed by atoms with Crippen LogP contribution >= 0.6 is 11.6 Å². The van der Waals surface area contributed by atoms with E-state index in [0.717, 1.165) is 0 Å². The molecule has 0 heterocycles. The summed E-state index contributed by atoms with van der Waals surface area (Å²) in [5.41, 5.74) is 6.15. The summed E-state index contributed by atoms with van der Waals surface area (Å²) in [6, 6.07) is 4.09. The van der Waals surface area contributed by atoms with E-state index in [-0.39, 0.29) is 22.2 Å². The number of methoxy groups -OCH3 is 1. The third-order valence-electron chi connectivity index (χ3n) is 2.62. The first-order valence-electron chi connectivity index (χ1n) is 6.09. The zero-order valence-electron chi connectivity index (χ0n) is 11.4. The molecule has 0 saturated heterocycles. The van der Waals surface area contributed by atoms with E-state index < -0.39 is 11.9 Å². The molecule has 4 N–H and O–H groups in total. The highest BCUT2D eigenvalue weighted by Crippen LogP contribution is 2.21. The number of ether oxygens (including phenoxy) is 1. The highest BCUT2D eigenvalue weighted by atomic mass is 35.5. The number of halogens is 1. The maximum atomic E-state index is 12.1. The number of nitrogens with one attached hydrogen (secondary N) is 2. The molecular weight excluding hydrogens is 282 g/mol. The molecule has 0 aliphatic heterocycles. The number of amides is 2. The Balaban J connectivity index is 2.64. The maximum absolute atomic E-state index is 12.1. The third-order valence-corrected chi connectivity index (χ3v) is 2.93. The Kier molecular flexibility index (Phi) is 6.27. The van der Waals surface area contributed by atoms with Gasteiger partial charge in [-0.2, -0.15) is 0 Å². The molecule has 1 rings (SSSR count). The highest BCUT2D eigenvalue weighted by Gasteiger charge is 2.19. The molecule has 7 heteroatoms. The van der Waals surface area contributed by atoms with Crippen molar-refractivity contribution in [2.45, 2.75) is 13.0 Å². The molecule has 1 unspecified atom stereocenters. The zero-order chi connectivity index (χ0) is 15.1. The van der Waals surface area contributed by atoms with Gasteiger partial charge in [-0.15, -0.1) is 0 Å². The monoisotopic (exact) mass is 299 g/mol. The largest absolute Gasteiger partial charge is 0.398 e. The zero-order valence-corrected chi connectivity index (χ0v) is 12.2. The normalized spacial score (nSPS) is 11.8. The van der Waals surface area contributed by atoms with Crippen molar-refractivity contribution in [3.63, 3.8) is 0 Å². The number of benzene rings is 1. The Morgan fingerprint density at radius 3 is 2.75 bits per heavy atom. The fourth-order valence-electron chi connectivity index (χ4n) is 1.54. The molecule has 0 bridgehead atoms. The van der Waals surface area contributed by atoms with Crippen LogP contribution in [0.1, 0.15) is 17.3 Å². The Morgan fingerprint density at radius 1 is 1.45 bits per heavy atom. The van der Waals surface area contributed by atoms with Gasteiger partial charge in [-0.3, -0.25) is 9.59 Å². The lowest BCUT2D eigenvalue weighted by molar-refractivity contribution is -0.122. The highest BCUT2D eigenvalue weighted by molar-refractivity contribution is 6.34. The quantitative estimate of drug-likeness (QED) is 0.535. The van der Waals surface area contributed by atoms with Crippen molar-refractivity contribution in [2.75, 3.05) is 26.0 Å². The van der Waals surface area contributed by atoms with E-state index in [1.807, 2.05) is 0 Å². The Bertz CT molecular complexity index is 473. The summed E-state index contributed by atoms with van der Waals surface area (Å²) in [7, 11) is 1.54. The van der Waals surface area contributed by atoms with Crippen molar-refractivity contribution in [2.24, 2.45) is 0 Å². The summed E-state index contributed by atoms with van der Waals surface area (Å²) >= 11 is 5.93. The number of nitrogen functional groups attached to an aromatic ring is 1. The molecule has 110 valence electrons. The number of hydrogen-bond acceptors (Lipinski definition) is 4. The second kappa shape index (κ2) is 7.72. The van der Waals surface area contributed by atoms with E-state index in [0.29, 0.717) is 13.2 Å². The van der Waals surface area contributed by atoms with Crippen LogP contribution in [0.3, 0.4) is 0 Å². The first kappa shape index (κ1) is 16.3. The van der Waals surface area contributed by atoms with Gasteiger partial charge in [-0.25, -0.2) is 0 Å². The number of nitrogens with two attached hydrogens (primary N) is 1. The van der Waals surface area contributed by atoms with Gasteiger partial charge < -0.3 is 21.1 Å². The third kappa shape index (κ3) is 4.40. The summed E-state index contributed by atoms with van der Waals surface area (Å²) in [6.07, 6.45) is 0. The van der Waals surface area contributed by atoms with Gasteiger partial charge in [-0.1, -0.05) is 17.7 Å². The SMILES string of the molecule is COCCNC(=O)C(C)NC(=O)c1c(N)cccc1Cl. The minimum absolute atomic E-state index is 0.172. The summed E-state index contributed by atoms with van der Waals surface area (Å²) in [5, 5.41) is 5.42. The lowest BCUT2D eigenvalue weighted by Gasteiger charge is -2.15. The van der Waals surface area contributed by atoms with Crippen LogP contribution in [0.15, 0.2) is 18.2 Å². The molecule has 0 spiro atoms. The lowest BCUT2D eigenvalue weighted by Crippen LogP contribution is -2.45. The van der Waals surface area contributed by atoms with Crippen molar-refractivity contribution < 1.29 is 14.3 Å². The van der Waals surface area contributed by atoms with E-state index in [4.69, 9.17) is 22.1 Å². The number of carbonyl (C=O) groups excluding carboxylic acids is 2. The average molecular weight is 300 g/mol. The molecule has 0 aromatic heterocycles. The van der Waals surface area contributed by atoms with Crippen molar-refractivity contribution in [3.8, 4) is 0 Å². The van der Waals surface area contributed by atoms with Gasteiger partial charge in [0.1, 0.15) is 6.04 Å². The summed E-state index contributed by atoms with van der Waals surface area (Å²) in [4.78, 5) is 23.8. The summed E-state index contributed by atoms with van der Waals surface area (Å²) < 4.78 is 4.82. The van der Waals surface area contributed by atoms with Crippen LogP contribution in [0.2, 0.25) is 5.02 Å². The Morgan fingerprint density at radius 2 is 2.15 bits per heavy atom. The van der Waals surface area contributed by atoms with E-state index in [1.165, 1.54) is 7.11 Å². The van der Waals surface area contributed by atoms with Crippen LogP contribution < -0.4 is 16.4 Å². The summed E-state index contributed by atoms with van der Waals surface area (Å²) in [6.45, 7) is 2.36. The predicted molar refractivity (Wildman–Crippen MR) is 77.7 cm³/mol. The summed E-state index contributed by atoms with van der Waals surface area (Å²) in [5.74, 6) is -0.788. The second-order valence-corrected chi connectivity index (χ2v) is 4.59. The Labute approximate surface area is 122 Å². The molecule has 2 amide bonds. The first-order chi connectivity index (χ1) is 9.47. The van der Waals surface area contributed by atoms with Crippen molar-refractivity contribution in [3.05, 3.63) is 28.8 Å². The van der Waals surface area contributed by atoms with E-state index >= 15 is 0 Å². The van der Waals surface area contributed by atoms with Crippen LogP contribution in [-0.4, -0.2) is 38.1 Å². The smallest absolute Gasteiger partial charge is 0.255 e. The second-order valence-electron chi connectivity index (χ2n) is 4.18. The van der Waals surface area contributed by atoms with E-state index in [9.17, 15) is 9.59 Å². The van der Waals surface area contributed by atoms with Gasteiger partial charge in [0.15, 0.2) is 0 Å². The van der Waals surface area contributed by atoms with Gasteiger partial charge >= 0.3 is 0 Å². The van der Waals surface area contributed by atoms with Gasteiger partial charge in [0, 0.05) is 19.3 Å². The van der Waals surface area contributed by atoms with Gasteiger partial charge in [-0.05, 0) is 19.1 Å². The fourth-order valence-corrected chi connectivity index (χ4v) is 1.81. The number of anilines is 1. The lowest BCUT2D eigenvalue weighted by atomic mass is 10.1. The minimum Gasteiger partial charge on any atom is -0.398 e. The van der Waals surface area contributed by atoms with Crippen molar-refractivity contribution >= 4 is 29.1 Å². The molecule has 1 aromatic carbocycles. The van der Waals surface area contributed by atoms with Crippen LogP contribution in [0.5, 0.6) is 0 Å².